The van der Waals surface area contributed by atoms with Crippen LogP contribution < -0.4 is 10.1 Å². The van der Waals surface area contributed by atoms with Crippen LogP contribution in [0.5, 0.6) is 5.75 Å². The maximum atomic E-state index is 12.6. The molecule has 1 spiro atoms. The molecular weight excluding hydrogens is 292 g/mol. The van der Waals surface area contributed by atoms with Crippen molar-refractivity contribution >= 4 is 11.7 Å². The van der Waals surface area contributed by atoms with Gasteiger partial charge in [0.15, 0.2) is 0 Å². The number of anilines is 1. The Balaban J connectivity index is 1.62. The van der Waals surface area contributed by atoms with Gasteiger partial charge in [0.2, 0.25) is 0 Å². The number of carbonyl (C=O) groups is 1. The monoisotopic (exact) mass is 318 g/mol. The number of hydrogen-bond donors (Lipinski definition) is 1. The van der Waals surface area contributed by atoms with E-state index < -0.39 is 0 Å². The first-order valence-corrected chi connectivity index (χ1v) is 8.41. The lowest BCUT2D eigenvalue weighted by atomic mass is 9.72. The molecule has 2 fully saturated rings. The molecule has 1 aromatic carbocycles. The van der Waals surface area contributed by atoms with Crippen molar-refractivity contribution in [2.24, 2.45) is 5.41 Å². The quantitative estimate of drug-likeness (QED) is 0.909. The Hall–Kier alpha value is -1.75. The maximum absolute atomic E-state index is 12.6. The molecule has 5 nitrogen and oxygen atoms in total. The number of piperidine rings is 1. The minimum Gasteiger partial charge on any atom is -0.495 e. The summed E-state index contributed by atoms with van der Waals surface area (Å²) in [5.41, 5.74) is 2.18. The smallest absolute Gasteiger partial charge is 0.321 e. The fourth-order valence-electron chi connectivity index (χ4n) is 3.65. The number of methoxy groups -OCH3 is 1. The first-order chi connectivity index (χ1) is 11.1. The molecule has 0 radical (unpaired) electrons. The predicted molar refractivity (Wildman–Crippen MR) is 90.0 cm³/mol. The zero-order valence-electron chi connectivity index (χ0n) is 14.1. The first kappa shape index (κ1) is 16.1. The predicted octanol–water partition coefficient (Wildman–Crippen LogP) is 3.43. The third-order valence-corrected chi connectivity index (χ3v) is 5.35. The van der Waals surface area contributed by atoms with Crippen LogP contribution in [0.25, 0.3) is 0 Å². The third-order valence-electron chi connectivity index (χ3n) is 5.35. The largest absolute Gasteiger partial charge is 0.495 e. The summed E-state index contributed by atoms with van der Waals surface area (Å²) in [6, 6.07) is 5.75. The van der Waals surface area contributed by atoms with Gasteiger partial charge in [-0.3, -0.25) is 0 Å². The van der Waals surface area contributed by atoms with Crippen molar-refractivity contribution in [3.63, 3.8) is 0 Å². The normalized spacial score (nSPS) is 20.3. The van der Waals surface area contributed by atoms with Crippen LogP contribution in [0.1, 0.15) is 31.2 Å². The molecule has 2 heterocycles. The van der Waals surface area contributed by atoms with Crippen molar-refractivity contribution < 1.29 is 14.3 Å². The van der Waals surface area contributed by atoms with Crippen LogP contribution >= 0.6 is 0 Å². The van der Waals surface area contributed by atoms with E-state index in [0.29, 0.717) is 11.2 Å². The molecule has 2 aliphatic rings. The maximum Gasteiger partial charge on any atom is 0.321 e. The van der Waals surface area contributed by atoms with Gasteiger partial charge in [-0.1, -0.05) is 12.1 Å². The number of carbonyl (C=O) groups excluding carboxylic acids is 1. The van der Waals surface area contributed by atoms with Crippen molar-refractivity contribution in [3.8, 4) is 5.75 Å². The molecule has 23 heavy (non-hydrogen) atoms. The van der Waals surface area contributed by atoms with Crippen LogP contribution in [0.4, 0.5) is 10.5 Å². The van der Waals surface area contributed by atoms with Gasteiger partial charge in [-0.05, 0) is 49.7 Å². The number of likely N-dealkylation sites (tertiary alicyclic amines) is 1. The number of aryl methyl sites for hydroxylation is 1. The van der Waals surface area contributed by atoms with E-state index in [4.69, 9.17) is 9.47 Å². The molecule has 1 aromatic rings. The number of amides is 2. The van der Waals surface area contributed by atoms with Gasteiger partial charge < -0.3 is 19.7 Å². The number of ether oxygens (including phenoxy) is 2. The highest BCUT2D eigenvalue weighted by Gasteiger charge is 2.37. The molecule has 2 amide bonds. The van der Waals surface area contributed by atoms with E-state index >= 15 is 0 Å². The molecular formula is C18H26N2O3. The van der Waals surface area contributed by atoms with E-state index in [1.54, 1.807) is 7.11 Å². The van der Waals surface area contributed by atoms with Gasteiger partial charge in [-0.2, -0.15) is 0 Å². The molecule has 0 aliphatic carbocycles. The number of urea groups is 1. The highest BCUT2D eigenvalue weighted by atomic mass is 16.5. The van der Waals surface area contributed by atoms with Crippen molar-refractivity contribution in [2.45, 2.75) is 32.6 Å². The Morgan fingerprint density at radius 2 is 1.91 bits per heavy atom. The Kier molecular flexibility index (Phi) is 4.76. The summed E-state index contributed by atoms with van der Waals surface area (Å²) < 4.78 is 10.8. The lowest BCUT2D eigenvalue weighted by Crippen LogP contribution is -2.46. The molecule has 2 saturated heterocycles. The van der Waals surface area contributed by atoms with E-state index in [1.165, 1.54) is 0 Å². The molecule has 126 valence electrons. The van der Waals surface area contributed by atoms with E-state index in [9.17, 15) is 4.79 Å². The van der Waals surface area contributed by atoms with Crippen molar-refractivity contribution in [3.05, 3.63) is 23.8 Å². The summed E-state index contributed by atoms with van der Waals surface area (Å²) in [4.78, 5) is 14.5. The van der Waals surface area contributed by atoms with E-state index in [-0.39, 0.29) is 6.03 Å². The topological polar surface area (TPSA) is 50.8 Å². The average Bonchev–Trinajstić information content (AvgIpc) is 2.58. The molecule has 0 bridgehead atoms. The van der Waals surface area contributed by atoms with Crippen LogP contribution in [0.2, 0.25) is 0 Å². The second-order valence-electron chi connectivity index (χ2n) is 6.68. The molecule has 0 aromatic heterocycles. The Morgan fingerprint density at radius 3 is 2.57 bits per heavy atom. The summed E-state index contributed by atoms with van der Waals surface area (Å²) in [7, 11) is 1.63. The minimum atomic E-state index is -0.0282. The number of nitrogens with one attached hydrogen (secondary N) is 1. The molecule has 0 unspecified atom stereocenters. The van der Waals surface area contributed by atoms with Crippen molar-refractivity contribution in [1.29, 1.82) is 0 Å². The lowest BCUT2D eigenvalue weighted by Gasteiger charge is -2.44. The van der Waals surface area contributed by atoms with Gasteiger partial charge in [0.25, 0.3) is 0 Å². The van der Waals surface area contributed by atoms with Crippen LogP contribution in [-0.4, -0.2) is 44.3 Å². The fourth-order valence-corrected chi connectivity index (χ4v) is 3.65. The second-order valence-corrected chi connectivity index (χ2v) is 6.68. The summed E-state index contributed by atoms with van der Waals surface area (Å²) in [5.74, 6) is 0.705. The van der Waals surface area contributed by atoms with Crippen molar-refractivity contribution in [2.75, 3.05) is 38.7 Å². The number of benzene rings is 1. The first-order valence-electron chi connectivity index (χ1n) is 8.41. The Labute approximate surface area is 137 Å². The summed E-state index contributed by atoms with van der Waals surface area (Å²) in [6.45, 7) is 5.35. The Bertz CT molecular complexity index is 557. The van der Waals surface area contributed by atoms with Gasteiger partial charge in [0.05, 0.1) is 12.8 Å². The lowest BCUT2D eigenvalue weighted by molar-refractivity contribution is -0.0138. The van der Waals surface area contributed by atoms with E-state index in [2.05, 4.69) is 5.32 Å². The van der Waals surface area contributed by atoms with E-state index in [0.717, 1.165) is 63.2 Å². The number of hydrogen-bond acceptors (Lipinski definition) is 3. The summed E-state index contributed by atoms with van der Waals surface area (Å²) in [6.07, 6.45) is 4.42. The zero-order valence-corrected chi connectivity index (χ0v) is 14.1. The molecule has 3 rings (SSSR count). The highest BCUT2D eigenvalue weighted by molar-refractivity contribution is 5.92. The van der Waals surface area contributed by atoms with Crippen LogP contribution in [-0.2, 0) is 4.74 Å². The number of rotatable bonds is 2. The van der Waals surface area contributed by atoms with Gasteiger partial charge in [0, 0.05) is 26.3 Å². The molecule has 0 atom stereocenters. The van der Waals surface area contributed by atoms with Gasteiger partial charge >= 0.3 is 6.03 Å². The van der Waals surface area contributed by atoms with E-state index in [1.807, 2.05) is 30.0 Å². The Morgan fingerprint density at radius 1 is 1.22 bits per heavy atom. The van der Waals surface area contributed by atoms with Gasteiger partial charge in [-0.25, -0.2) is 4.79 Å². The van der Waals surface area contributed by atoms with Crippen LogP contribution in [0.3, 0.4) is 0 Å². The number of nitrogens with zero attached hydrogens (tertiary/aromatic N) is 1. The third kappa shape index (κ3) is 3.44. The van der Waals surface area contributed by atoms with Gasteiger partial charge in [-0.15, -0.1) is 0 Å². The van der Waals surface area contributed by atoms with Gasteiger partial charge in [0.1, 0.15) is 5.75 Å². The number of para-hydroxylation sites is 1. The zero-order chi connectivity index (χ0) is 16.3. The SMILES string of the molecule is COc1cccc(C)c1NC(=O)N1CCC2(CCOCC2)CC1. The average molecular weight is 318 g/mol. The van der Waals surface area contributed by atoms with Crippen molar-refractivity contribution in [1.82, 2.24) is 4.90 Å². The molecule has 2 aliphatic heterocycles. The van der Waals surface area contributed by atoms with Crippen LogP contribution in [0, 0.1) is 12.3 Å². The van der Waals surface area contributed by atoms with Crippen LogP contribution in [0.15, 0.2) is 18.2 Å². The summed E-state index contributed by atoms with van der Waals surface area (Å²) in [5, 5.41) is 3.03. The second kappa shape index (κ2) is 6.79. The molecule has 1 N–H and O–H groups in total. The molecule has 0 saturated carbocycles. The molecule has 5 heteroatoms. The highest BCUT2D eigenvalue weighted by Crippen LogP contribution is 2.40. The summed E-state index contributed by atoms with van der Waals surface area (Å²) >= 11 is 0. The fraction of sp³-hybridized carbons (Fsp3) is 0.611. The minimum absolute atomic E-state index is 0.0282. The standard InChI is InChI=1S/C18H26N2O3/c1-14-4-3-5-15(22-2)16(14)19-17(21)20-10-6-18(7-11-20)8-12-23-13-9-18/h3-5H,6-13H2,1-2H3,(H,19,21).